The molecule has 0 bridgehead atoms. The molecule has 1 aromatic carbocycles. The second kappa shape index (κ2) is 8.19. The SMILES string of the molecule is Cc1ccc(C(=O)N(C)Cc2nc(-c3cccs3)no2)cc1N1CCCCS1(=O)=O. The molecule has 0 aliphatic carbocycles. The van der Waals surface area contributed by atoms with Gasteiger partial charge in [-0.25, -0.2) is 8.42 Å². The van der Waals surface area contributed by atoms with Crippen molar-refractivity contribution in [2.24, 2.45) is 0 Å². The zero-order valence-corrected chi connectivity index (χ0v) is 18.4. The largest absolute Gasteiger partial charge is 0.337 e. The van der Waals surface area contributed by atoms with Crippen LogP contribution in [-0.2, 0) is 16.6 Å². The van der Waals surface area contributed by atoms with E-state index in [0.29, 0.717) is 35.9 Å². The molecule has 1 aliphatic rings. The summed E-state index contributed by atoms with van der Waals surface area (Å²) in [5.74, 6) is 0.712. The van der Waals surface area contributed by atoms with Gasteiger partial charge in [0.05, 0.1) is 22.9 Å². The third-order valence-electron chi connectivity index (χ3n) is 5.00. The van der Waals surface area contributed by atoms with Gasteiger partial charge in [-0.2, -0.15) is 4.98 Å². The normalized spacial score (nSPS) is 15.9. The molecule has 3 aromatic rings. The Kier molecular flexibility index (Phi) is 5.61. The van der Waals surface area contributed by atoms with Gasteiger partial charge in [-0.15, -0.1) is 11.3 Å². The minimum absolute atomic E-state index is 0.133. The molecule has 0 N–H and O–H groups in total. The van der Waals surface area contributed by atoms with Gasteiger partial charge < -0.3 is 9.42 Å². The summed E-state index contributed by atoms with van der Waals surface area (Å²) < 4.78 is 31.7. The summed E-state index contributed by atoms with van der Waals surface area (Å²) in [5.41, 5.74) is 1.79. The topological polar surface area (TPSA) is 96.6 Å². The van der Waals surface area contributed by atoms with Crippen molar-refractivity contribution in [2.45, 2.75) is 26.3 Å². The van der Waals surface area contributed by atoms with Crippen LogP contribution < -0.4 is 4.31 Å². The molecule has 0 atom stereocenters. The average Bonchev–Trinajstić information content (AvgIpc) is 3.39. The van der Waals surface area contributed by atoms with Gasteiger partial charge in [0.25, 0.3) is 5.91 Å². The molecular formula is C20H22N4O4S2. The molecule has 8 nitrogen and oxygen atoms in total. The second-order valence-electron chi connectivity index (χ2n) is 7.25. The maximum atomic E-state index is 13.0. The Morgan fingerprint density at radius 2 is 2.13 bits per heavy atom. The van der Waals surface area contributed by atoms with Gasteiger partial charge in [-0.3, -0.25) is 9.10 Å². The van der Waals surface area contributed by atoms with Crippen molar-refractivity contribution in [1.29, 1.82) is 0 Å². The smallest absolute Gasteiger partial charge is 0.254 e. The lowest BCUT2D eigenvalue weighted by Crippen LogP contribution is -2.38. The van der Waals surface area contributed by atoms with E-state index in [1.165, 1.54) is 20.5 Å². The molecule has 10 heteroatoms. The summed E-state index contributed by atoms with van der Waals surface area (Å²) in [6.07, 6.45) is 1.47. The van der Waals surface area contributed by atoms with Crippen molar-refractivity contribution in [3.05, 3.63) is 52.7 Å². The van der Waals surface area contributed by atoms with Crippen molar-refractivity contribution >= 4 is 33.0 Å². The second-order valence-corrected chi connectivity index (χ2v) is 10.2. The van der Waals surface area contributed by atoms with Gasteiger partial charge in [0.15, 0.2) is 0 Å². The molecule has 30 heavy (non-hydrogen) atoms. The molecule has 1 amide bonds. The predicted molar refractivity (Wildman–Crippen MR) is 115 cm³/mol. The quantitative estimate of drug-likeness (QED) is 0.597. The van der Waals surface area contributed by atoms with Crippen molar-refractivity contribution in [3.63, 3.8) is 0 Å². The van der Waals surface area contributed by atoms with Crippen LogP contribution in [0.4, 0.5) is 5.69 Å². The first-order valence-corrected chi connectivity index (χ1v) is 12.1. The van der Waals surface area contributed by atoms with Crippen LogP contribution in [0.1, 0.15) is 34.7 Å². The van der Waals surface area contributed by atoms with Crippen LogP contribution in [0.2, 0.25) is 0 Å². The van der Waals surface area contributed by atoms with Crippen LogP contribution in [0.15, 0.2) is 40.2 Å². The standard InChI is InChI=1S/C20H22N4O4S2/c1-14-7-8-15(12-16(14)24-9-3-4-11-30(24,26)27)20(25)23(2)13-18-21-19(22-28-18)17-6-5-10-29-17/h5-8,10,12H,3-4,9,11,13H2,1-2H3. The number of rotatable bonds is 5. The lowest BCUT2D eigenvalue weighted by Gasteiger charge is -2.30. The van der Waals surface area contributed by atoms with E-state index >= 15 is 0 Å². The highest BCUT2D eigenvalue weighted by molar-refractivity contribution is 7.92. The van der Waals surface area contributed by atoms with Gasteiger partial charge >= 0.3 is 0 Å². The summed E-state index contributed by atoms with van der Waals surface area (Å²) >= 11 is 1.51. The Bertz CT molecular complexity index is 1160. The fraction of sp³-hybridized carbons (Fsp3) is 0.350. The van der Waals surface area contributed by atoms with Crippen molar-refractivity contribution in [3.8, 4) is 10.7 Å². The highest BCUT2D eigenvalue weighted by atomic mass is 32.2. The number of amides is 1. The Morgan fingerprint density at radius 1 is 1.30 bits per heavy atom. The van der Waals surface area contributed by atoms with Crippen LogP contribution in [-0.4, -0.2) is 48.7 Å². The van der Waals surface area contributed by atoms with E-state index < -0.39 is 10.0 Å². The first-order chi connectivity index (χ1) is 14.3. The van der Waals surface area contributed by atoms with E-state index in [9.17, 15) is 13.2 Å². The Hall–Kier alpha value is -2.72. The number of hydrogen-bond acceptors (Lipinski definition) is 7. The van der Waals surface area contributed by atoms with Crippen molar-refractivity contribution in [2.75, 3.05) is 23.7 Å². The molecular weight excluding hydrogens is 424 g/mol. The minimum atomic E-state index is -3.35. The summed E-state index contributed by atoms with van der Waals surface area (Å²) in [7, 11) is -1.71. The third-order valence-corrected chi connectivity index (χ3v) is 7.72. The van der Waals surface area contributed by atoms with Crippen LogP contribution in [0.5, 0.6) is 0 Å². The first-order valence-electron chi connectivity index (χ1n) is 9.58. The molecule has 1 fully saturated rings. The molecule has 1 saturated heterocycles. The zero-order valence-electron chi connectivity index (χ0n) is 16.7. The van der Waals surface area contributed by atoms with Gasteiger partial charge in [0, 0.05) is 19.2 Å². The number of anilines is 1. The molecule has 0 spiro atoms. The number of thiophene rings is 1. The fourth-order valence-corrected chi connectivity index (χ4v) is 5.73. The van der Waals surface area contributed by atoms with Crippen LogP contribution in [0.25, 0.3) is 10.7 Å². The fourth-order valence-electron chi connectivity index (χ4n) is 3.39. The van der Waals surface area contributed by atoms with E-state index in [2.05, 4.69) is 10.1 Å². The number of aryl methyl sites for hydroxylation is 1. The van der Waals surface area contributed by atoms with Gasteiger partial charge in [-0.1, -0.05) is 17.3 Å². The summed E-state index contributed by atoms with van der Waals surface area (Å²) in [5, 5.41) is 5.89. The van der Waals surface area contributed by atoms with E-state index in [1.807, 2.05) is 24.4 Å². The van der Waals surface area contributed by atoms with Gasteiger partial charge in [0.2, 0.25) is 21.7 Å². The highest BCUT2D eigenvalue weighted by Crippen LogP contribution is 2.28. The molecule has 4 rings (SSSR count). The Balaban J connectivity index is 1.53. The number of carbonyl (C=O) groups excluding carboxylic acids is 1. The number of hydrogen-bond donors (Lipinski definition) is 0. The first kappa shape index (κ1) is 20.5. The van der Waals surface area contributed by atoms with E-state index in [-0.39, 0.29) is 18.2 Å². The van der Waals surface area contributed by atoms with Gasteiger partial charge in [-0.05, 0) is 48.9 Å². The van der Waals surface area contributed by atoms with Crippen LogP contribution >= 0.6 is 11.3 Å². The monoisotopic (exact) mass is 446 g/mol. The molecule has 158 valence electrons. The molecule has 0 unspecified atom stereocenters. The number of carbonyl (C=O) groups is 1. The zero-order chi connectivity index (χ0) is 21.3. The molecule has 0 saturated carbocycles. The summed E-state index contributed by atoms with van der Waals surface area (Å²) in [6.45, 7) is 2.44. The Morgan fingerprint density at radius 3 is 2.87 bits per heavy atom. The van der Waals surface area contributed by atoms with Crippen LogP contribution in [0, 0.1) is 6.92 Å². The average molecular weight is 447 g/mol. The van der Waals surface area contributed by atoms with Crippen molar-refractivity contribution < 1.29 is 17.7 Å². The Labute approximate surface area is 179 Å². The summed E-state index contributed by atoms with van der Waals surface area (Å²) in [6, 6.07) is 8.95. The molecule has 0 radical (unpaired) electrons. The highest BCUT2D eigenvalue weighted by Gasteiger charge is 2.28. The van der Waals surface area contributed by atoms with Crippen molar-refractivity contribution in [1.82, 2.24) is 15.0 Å². The van der Waals surface area contributed by atoms with E-state index in [1.54, 1.807) is 25.2 Å². The number of sulfonamides is 1. The number of aromatic nitrogens is 2. The number of nitrogens with zero attached hydrogens (tertiary/aromatic N) is 4. The maximum Gasteiger partial charge on any atom is 0.254 e. The predicted octanol–water partition coefficient (Wildman–Crippen LogP) is 3.31. The van der Waals surface area contributed by atoms with Crippen LogP contribution in [0.3, 0.4) is 0 Å². The molecule has 1 aliphatic heterocycles. The lowest BCUT2D eigenvalue weighted by atomic mass is 10.1. The lowest BCUT2D eigenvalue weighted by molar-refractivity contribution is 0.0769. The third kappa shape index (κ3) is 4.10. The number of benzene rings is 1. The van der Waals surface area contributed by atoms with Gasteiger partial charge in [0.1, 0.15) is 0 Å². The minimum Gasteiger partial charge on any atom is -0.337 e. The summed E-state index contributed by atoms with van der Waals surface area (Å²) in [4.78, 5) is 19.7. The van der Waals surface area contributed by atoms with E-state index in [4.69, 9.17) is 4.52 Å². The molecule has 2 aromatic heterocycles. The van der Waals surface area contributed by atoms with E-state index in [0.717, 1.165) is 16.9 Å². The maximum absolute atomic E-state index is 13.0. The molecule has 3 heterocycles.